The third-order valence-electron chi connectivity index (χ3n) is 5.52. The number of carboxylic acids is 1. The topological polar surface area (TPSA) is 78.5 Å². The molecule has 0 saturated heterocycles. The van der Waals surface area contributed by atoms with E-state index in [9.17, 15) is 14.7 Å². The molecule has 6 heteroatoms. The Balaban J connectivity index is 1.47. The normalized spacial score (nSPS) is 13.2. The highest BCUT2D eigenvalue weighted by Gasteiger charge is 2.29. The molecule has 0 heterocycles. The van der Waals surface area contributed by atoms with Crippen molar-refractivity contribution in [1.29, 1.82) is 0 Å². The van der Waals surface area contributed by atoms with Crippen LogP contribution in [0, 0.1) is 0 Å². The Bertz CT molecular complexity index is 1050. The molecule has 0 saturated carbocycles. The number of carbonyl (C=O) groups excluding carboxylic acids is 2. The number of hydrogen-bond donors (Lipinski definition) is 1. The standard InChI is InChI=1S/C25H23NO4S/c1-31-17-12-10-16(11-13-17)23(14-24(27)28)26-25(29)30-15-22-20-8-4-2-6-18(20)19-7-3-5-9-21(19)22/h2-13,22-23H,14-15H2,1H3,(H,26,29)(H,27,28)/p-1/t23-/m0/s1. The van der Waals surface area contributed by atoms with Gasteiger partial charge in [-0.05, 0) is 46.2 Å². The van der Waals surface area contributed by atoms with E-state index in [0.29, 0.717) is 5.56 Å². The van der Waals surface area contributed by atoms with Crippen LogP contribution in [0.25, 0.3) is 11.1 Å². The molecule has 0 spiro atoms. The van der Waals surface area contributed by atoms with Gasteiger partial charge in [0.1, 0.15) is 6.61 Å². The molecule has 158 valence electrons. The first-order chi connectivity index (χ1) is 15.1. The fraction of sp³-hybridized carbons (Fsp3) is 0.200. The van der Waals surface area contributed by atoms with Crippen LogP contribution in [0.5, 0.6) is 0 Å². The Morgan fingerprint density at radius 3 is 2.10 bits per heavy atom. The predicted molar refractivity (Wildman–Crippen MR) is 119 cm³/mol. The molecule has 5 nitrogen and oxygen atoms in total. The summed E-state index contributed by atoms with van der Waals surface area (Å²) in [6.07, 6.45) is 0.979. The zero-order valence-electron chi connectivity index (χ0n) is 17.0. The number of alkyl carbamates (subject to hydrolysis) is 1. The molecular weight excluding hydrogens is 410 g/mol. The molecule has 1 N–H and O–H groups in total. The fourth-order valence-corrected chi connectivity index (χ4v) is 4.45. The predicted octanol–water partition coefficient (Wildman–Crippen LogP) is 4.13. The number of aliphatic carboxylic acids is 1. The second kappa shape index (κ2) is 9.27. The molecule has 3 aromatic carbocycles. The molecule has 1 aliphatic carbocycles. The summed E-state index contributed by atoms with van der Waals surface area (Å²) >= 11 is 1.59. The third kappa shape index (κ3) is 4.59. The van der Waals surface area contributed by atoms with E-state index in [1.54, 1.807) is 11.8 Å². The van der Waals surface area contributed by atoms with Crippen LogP contribution in [0.3, 0.4) is 0 Å². The summed E-state index contributed by atoms with van der Waals surface area (Å²) in [7, 11) is 0. The largest absolute Gasteiger partial charge is 0.550 e. The van der Waals surface area contributed by atoms with Crippen LogP contribution in [0.1, 0.15) is 35.1 Å². The molecule has 0 radical (unpaired) electrons. The minimum absolute atomic E-state index is 0.0568. The van der Waals surface area contributed by atoms with Gasteiger partial charge in [0.25, 0.3) is 0 Å². The Labute approximate surface area is 185 Å². The first kappa shape index (κ1) is 21.0. The average Bonchev–Trinajstić information content (AvgIpc) is 3.11. The lowest BCUT2D eigenvalue weighted by Gasteiger charge is -2.21. The van der Waals surface area contributed by atoms with Crippen molar-refractivity contribution in [3.63, 3.8) is 0 Å². The maximum absolute atomic E-state index is 12.6. The Hall–Kier alpha value is -3.25. The number of carboxylic acid groups (broad SMARTS) is 1. The first-order valence-corrected chi connectivity index (χ1v) is 11.2. The van der Waals surface area contributed by atoms with E-state index in [-0.39, 0.29) is 18.9 Å². The molecule has 0 fully saturated rings. The van der Waals surface area contributed by atoms with Gasteiger partial charge in [-0.25, -0.2) is 4.79 Å². The van der Waals surface area contributed by atoms with Crippen molar-refractivity contribution in [3.05, 3.63) is 89.5 Å². The van der Waals surface area contributed by atoms with E-state index in [1.807, 2.05) is 66.9 Å². The lowest BCUT2D eigenvalue weighted by atomic mass is 9.98. The van der Waals surface area contributed by atoms with E-state index in [4.69, 9.17) is 4.74 Å². The average molecular weight is 433 g/mol. The number of fused-ring (bicyclic) bond motifs is 3. The molecule has 4 rings (SSSR count). The second-order valence-electron chi connectivity index (χ2n) is 7.37. The lowest BCUT2D eigenvalue weighted by Crippen LogP contribution is -2.35. The van der Waals surface area contributed by atoms with Crippen molar-refractivity contribution in [2.75, 3.05) is 12.9 Å². The fourth-order valence-electron chi connectivity index (χ4n) is 4.04. The number of ether oxygens (including phenoxy) is 1. The van der Waals surface area contributed by atoms with Gasteiger partial charge in [-0.2, -0.15) is 0 Å². The maximum atomic E-state index is 12.6. The van der Waals surface area contributed by atoms with Crippen LogP contribution in [-0.2, 0) is 9.53 Å². The summed E-state index contributed by atoms with van der Waals surface area (Å²) in [6.45, 7) is 0.170. The number of amides is 1. The molecule has 1 atom stereocenters. The summed E-state index contributed by atoms with van der Waals surface area (Å²) < 4.78 is 5.55. The van der Waals surface area contributed by atoms with Gasteiger partial charge in [0, 0.05) is 23.2 Å². The minimum atomic E-state index is -1.24. The Morgan fingerprint density at radius 2 is 1.55 bits per heavy atom. The van der Waals surface area contributed by atoms with Gasteiger partial charge in [0.2, 0.25) is 0 Å². The quantitative estimate of drug-likeness (QED) is 0.568. The Kier molecular flexibility index (Phi) is 6.28. The molecule has 0 bridgehead atoms. The molecule has 3 aromatic rings. The van der Waals surface area contributed by atoms with E-state index in [1.165, 1.54) is 0 Å². The summed E-state index contributed by atoms with van der Waals surface area (Å²) in [6, 6.07) is 22.9. The van der Waals surface area contributed by atoms with E-state index in [0.717, 1.165) is 27.1 Å². The van der Waals surface area contributed by atoms with Crippen molar-refractivity contribution in [3.8, 4) is 11.1 Å². The van der Waals surface area contributed by atoms with Crippen LogP contribution in [0.15, 0.2) is 77.7 Å². The summed E-state index contributed by atoms with van der Waals surface area (Å²) in [4.78, 5) is 24.8. The van der Waals surface area contributed by atoms with Gasteiger partial charge in [0.15, 0.2) is 0 Å². The monoisotopic (exact) mass is 432 g/mol. The van der Waals surface area contributed by atoms with Crippen molar-refractivity contribution in [1.82, 2.24) is 5.32 Å². The van der Waals surface area contributed by atoms with E-state index in [2.05, 4.69) is 17.4 Å². The molecule has 0 unspecified atom stereocenters. The first-order valence-electron chi connectivity index (χ1n) is 10.0. The number of nitrogens with one attached hydrogen (secondary N) is 1. The van der Waals surface area contributed by atoms with Gasteiger partial charge in [-0.15, -0.1) is 11.8 Å². The van der Waals surface area contributed by atoms with Gasteiger partial charge in [-0.1, -0.05) is 60.7 Å². The smallest absolute Gasteiger partial charge is 0.407 e. The number of thioether (sulfide) groups is 1. The number of benzene rings is 3. The van der Waals surface area contributed by atoms with Crippen molar-refractivity contribution < 1.29 is 19.4 Å². The van der Waals surface area contributed by atoms with Gasteiger partial charge in [-0.3, -0.25) is 0 Å². The highest BCUT2D eigenvalue weighted by Crippen LogP contribution is 2.44. The van der Waals surface area contributed by atoms with E-state index < -0.39 is 18.1 Å². The molecule has 31 heavy (non-hydrogen) atoms. The van der Waals surface area contributed by atoms with Gasteiger partial charge in [0.05, 0.1) is 6.04 Å². The van der Waals surface area contributed by atoms with Crippen LogP contribution < -0.4 is 10.4 Å². The summed E-state index contributed by atoms with van der Waals surface area (Å²) in [5.74, 6) is -1.29. The molecule has 1 amide bonds. The lowest BCUT2D eigenvalue weighted by molar-refractivity contribution is -0.306. The second-order valence-corrected chi connectivity index (χ2v) is 8.25. The van der Waals surface area contributed by atoms with Crippen LogP contribution in [0.4, 0.5) is 4.79 Å². The number of hydrogen-bond acceptors (Lipinski definition) is 5. The highest BCUT2D eigenvalue weighted by atomic mass is 32.2. The van der Waals surface area contributed by atoms with Crippen molar-refractivity contribution in [2.45, 2.75) is 23.3 Å². The van der Waals surface area contributed by atoms with Crippen LogP contribution in [-0.4, -0.2) is 24.9 Å². The zero-order valence-corrected chi connectivity index (χ0v) is 17.9. The maximum Gasteiger partial charge on any atom is 0.407 e. The van der Waals surface area contributed by atoms with Crippen molar-refractivity contribution >= 4 is 23.8 Å². The van der Waals surface area contributed by atoms with Gasteiger partial charge < -0.3 is 20.0 Å². The van der Waals surface area contributed by atoms with Crippen LogP contribution in [0.2, 0.25) is 0 Å². The number of carbonyl (C=O) groups is 2. The summed E-state index contributed by atoms with van der Waals surface area (Å²) in [5.41, 5.74) is 5.23. The molecule has 1 aliphatic rings. The molecule has 0 aromatic heterocycles. The van der Waals surface area contributed by atoms with Gasteiger partial charge >= 0.3 is 6.09 Å². The Morgan fingerprint density at radius 1 is 0.968 bits per heavy atom. The third-order valence-corrected chi connectivity index (χ3v) is 6.27. The minimum Gasteiger partial charge on any atom is -0.550 e. The molecule has 0 aliphatic heterocycles. The zero-order chi connectivity index (χ0) is 21.8. The molecular formula is C25H22NO4S-. The van der Waals surface area contributed by atoms with E-state index >= 15 is 0 Å². The SMILES string of the molecule is CSc1ccc([C@H](CC(=O)[O-])NC(=O)OCC2c3ccccc3-c3ccccc32)cc1. The summed E-state index contributed by atoms with van der Waals surface area (Å²) in [5, 5.41) is 13.9. The van der Waals surface area contributed by atoms with Crippen molar-refractivity contribution in [2.24, 2.45) is 0 Å². The van der Waals surface area contributed by atoms with Crippen LogP contribution >= 0.6 is 11.8 Å². The number of rotatable bonds is 7. The highest BCUT2D eigenvalue weighted by molar-refractivity contribution is 7.98.